The van der Waals surface area contributed by atoms with Gasteiger partial charge in [0, 0.05) is 10.9 Å². The van der Waals surface area contributed by atoms with Gasteiger partial charge >= 0.3 is 0 Å². The highest BCUT2D eigenvalue weighted by Crippen LogP contribution is 2.36. The summed E-state index contributed by atoms with van der Waals surface area (Å²) in [5.74, 6) is -0.338. The summed E-state index contributed by atoms with van der Waals surface area (Å²) in [6.45, 7) is 1.98. The fourth-order valence-electron chi connectivity index (χ4n) is 2.34. The maximum Gasteiger partial charge on any atom is 0.237 e. The third-order valence-corrected chi connectivity index (χ3v) is 4.00. The summed E-state index contributed by atoms with van der Waals surface area (Å²) < 4.78 is 0.986. The molecule has 2 rings (SSSR count). The molecule has 0 spiro atoms. The summed E-state index contributed by atoms with van der Waals surface area (Å²) in [5, 5.41) is 2.44. The van der Waals surface area contributed by atoms with E-state index in [-0.39, 0.29) is 11.8 Å². The van der Waals surface area contributed by atoms with Crippen molar-refractivity contribution in [2.45, 2.75) is 31.6 Å². The van der Waals surface area contributed by atoms with E-state index in [9.17, 15) is 9.59 Å². The van der Waals surface area contributed by atoms with E-state index in [0.29, 0.717) is 19.3 Å². The summed E-state index contributed by atoms with van der Waals surface area (Å²) in [5.41, 5.74) is 0.433. The Kier molecular flexibility index (Phi) is 3.33. The lowest BCUT2D eigenvalue weighted by atomic mass is 9.72. The minimum Gasteiger partial charge on any atom is -0.296 e. The summed E-state index contributed by atoms with van der Waals surface area (Å²) in [6.07, 6.45) is 1.71. The van der Waals surface area contributed by atoms with Crippen molar-refractivity contribution in [2.75, 3.05) is 0 Å². The lowest BCUT2D eigenvalue weighted by molar-refractivity contribution is -0.138. The first-order valence-corrected chi connectivity index (χ1v) is 6.48. The van der Waals surface area contributed by atoms with Crippen LogP contribution in [0.25, 0.3) is 0 Å². The molecule has 0 bridgehead atoms. The number of hydrogen-bond donors (Lipinski definition) is 1. The quantitative estimate of drug-likeness (QED) is 0.852. The minimum atomic E-state index is -0.547. The van der Waals surface area contributed by atoms with Gasteiger partial charge in [-0.3, -0.25) is 14.9 Å². The standard InChI is InChI=1S/C13H14BrNO2/c1-2-13(8-7-11(16)15-12(13)17)9-3-5-10(14)6-4-9/h3-6H,2,7-8H2,1H3,(H,15,16,17)/t13-/m1/s1. The second-order valence-corrected chi connectivity index (χ2v) is 5.24. The van der Waals surface area contributed by atoms with Crippen molar-refractivity contribution in [1.82, 2.24) is 5.32 Å². The van der Waals surface area contributed by atoms with Crippen LogP contribution in [0, 0.1) is 0 Å². The Bertz CT molecular complexity index is 455. The van der Waals surface area contributed by atoms with Gasteiger partial charge in [0.05, 0.1) is 5.41 Å². The van der Waals surface area contributed by atoms with Crippen LogP contribution in [0.3, 0.4) is 0 Å². The van der Waals surface area contributed by atoms with Crippen molar-refractivity contribution in [2.24, 2.45) is 0 Å². The zero-order valence-electron chi connectivity index (χ0n) is 9.63. The first-order valence-electron chi connectivity index (χ1n) is 5.69. The maximum absolute atomic E-state index is 12.1. The molecule has 1 aromatic carbocycles. The second kappa shape index (κ2) is 4.61. The molecule has 0 unspecified atom stereocenters. The second-order valence-electron chi connectivity index (χ2n) is 4.32. The molecule has 90 valence electrons. The van der Waals surface area contributed by atoms with Crippen molar-refractivity contribution >= 4 is 27.7 Å². The molecule has 17 heavy (non-hydrogen) atoms. The highest BCUT2D eigenvalue weighted by Gasteiger charge is 2.42. The SMILES string of the molecule is CC[C@]1(c2ccc(Br)cc2)CCC(=O)NC1=O. The van der Waals surface area contributed by atoms with E-state index in [1.165, 1.54) is 0 Å². The van der Waals surface area contributed by atoms with Gasteiger partial charge in [0.2, 0.25) is 11.8 Å². The fourth-order valence-corrected chi connectivity index (χ4v) is 2.60. The molecule has 1 aliphatic rings. The van der Waals surface area contributed by atoms with Crippen LogP contribution < -0.4 is 5.32 Å². The lowest BCUT2D eigenvalue weighted by Crippen LogP contribution is -2.51. The van der Waals surface area contributed by atoms with Crippen LogP contribution in [0.15, 0.2) is 28.7 Å². The number of hydrogen-bond acceptors (Lipinski definition) is 2. The fraction of sp³-hybridized carbons (Fsp3) is 0.385. The van der Waals surface area contributed by atoms with Crippen LogP contribution in [-0.4, -0.2) is 11.8 Å². The van der Waals surface area contributed by atoms with Gasteiger partial charge in [-0.1, -0.05) is 35.0 Å². The van der Waals surface area contributed by atoms with Gasteiger partial charge in [-0.2, -0.15) is 0 Å². The highest BCUT2D eigenvalue weighted by atomic mass is 79.9. The van der Waals surface area contributed by atoms with Crippen LogP contribution in [-0.2, 0) is 15.0 Å². The largest absolute Gasteiger partial charge is 0.296 e. The molecule has 1 aromatic rings. The molecule has 3 nitrogen and oxygen atoms in total. The van der Waals surface area contributed by atoms with Crippen LogP contribution in [0.1, 0.15) is 31.7 Å². The third-order valence-electron chi connectivity index (χ3n) is 3.47. The molecule has 0 aliphatic carbocycles. The normalized spacial score (nSPS) is 24.6. The van der Waals surface area contributed by atoms with Crippen LogP contribution in [0.4, 0.5) is 0 Å². The topological polar surface area (TPSA) is 46.2 Å². The number of carbonyl (C=O) groups is 2. The molecule has 1 atom stereocenters. The molecule has 0 aromatic heterocycles. The van der Waals surface area contributed by atoms with E-state index in [1.807, 2.05) is 31.2 Å². The maximum atomic E-state index is 12.1. The zero-order chi connectivity index (χ0) is 12.5. The Morgan fingerprint density at radius 3 is 2.47 bits per heavy atom. The molecule has 1 heterocycles. The predicted octanol–water partition coefficient (Wildman–Crippen LogP) is 2.53. The first-order chi connectivity index (χ1) is 8.08. The minimum absolute atomic E-state index is 0.168. The van der Waals surface area contributed by atoms with E-state index >= 15 is 0 Å². The van der Waals surface area contributed by atoms with E-state index in [1.54, 1.807) is 0 Å². The third kappa shape index (κ3) is 2.14. The summed E-state index contributed by atoms with van der Waals surface area (Å²) in [7, 11) is 0. The average Bonchev–Trinajstić information content (AvgIpc) is 2.31. The zero-order valence-corrected chi connectivity index (χ0v) is 11.2. The molecule has 1 saturated heterocycles. The molecular formula is C13H14BrNO2. The van der Waals surface area contributed by atoms with Crippen molar-refractivity contribution in [1.29, 1.82) is 0 Å². The van der Waals surface area contributed by atoms with Crippen molar-refractivity contribution in [3.63, 3.8) is 0 Å². The first kappa shape index (κ1) is 12.3. The highest BCUT2D eigenvalue weighted by molar-refractivity contribution is 9.10. The van der Waals surface area contributed by atoms with Crippen molar-refractivity contribution in [3.05, 3.63) is 34.3 Å². The van der Waals surface area contributed by atoms with Crippen LogP contribution in [0.2, 0.25) is 0 Å². The summed E-state index contributed by atoms with van der Waals surface area (Å²) in [4.78, 5) is 23.3. The van der Waals surface area contributed by atoms with Crippen LogP contribution >= 0.6 is 15.9 Å². The number of rotatable bonds is 2. The monoisotopic (exact) mass is 295 g/mol. The number of nitrogens with one attached hydrogen (secondary N) is 1. The van der Waals surface area contributed by atoms with E-state index < -0.39 is 5.41 Å². The van der Waals surface area contributed by atoms with Gasteiger partial charge in [0.25, 0.3) is 0 Å². The van der Waals surface area contributed by atoms with Gasteiger partial charge in [0.1, 0.15) is 0 Å². The molecule has 4 heteroatoms. The number of imide groups is 1. The Hall–Kier alpha value is -1.16. The van der Waals surface area contributed by atoms with Gasteiger partial charge < -0.3 is 0 Å². The van der Waals surface area contributed by atoms with Gasteiger partial charge in [-0.25, -0.2) is 0 Å². The van der Waals surface area contributed by atoms with Crippen molar-refractivity contribution in [3.8, 4) is 0 Å². The van der Waals surface area contributed by atoms with E-state index in [0.717, 1.165) is 10.0 Å². The molecule has 1 aliphatic heterocycles. The Morgan fingerprint density at radius 1 is 1.29 bits per heavy atom. The smallest absolute Gasteiger partial charge is 0.237 e. The van der Waals surface area contributed by atoms with E-state index in [4.69, 9.17) is 0 Å². The number of piperidine rings is 1. The molecule has 1 fully saturated rings. The molecule has 0 saturated carbocycles. The van der Waals surface area contributed by atoms with E-state index in [2.05, 4.69) is 21.2 Å². The van der Waals surface area contributed by atoms with Crippen molar-refractivity contribution < 1.29 is 9.59 Å². The van der Waals surface area contributed by atoms with Gasteiger partial charge in [-0.05, 0) is 30.5 Å². The van der Waals surface area contributed by atoms with Gasteiger partial charge in [-0.15, -0.1) is 0 Å². The molecular weight excluding hydrogens is 282 g/mol. The molecule has 0 radical (unpaired) electrons. The van der Waals surface area contributed by atoms with Gasteiger partial charge in [0.15, 0.2) is 0 Å². The number of amides is 2. The average molecular weight is 296 g/mol. The number of benzene rings is 1. The lowest BCUT2D eigenvalue weighted by Gasteiger charge is -2.34. The summed E-state index contributed by atoms with van der Waals surface area (Å²) in [6, 6.07) is 7.75. The predicted molar refractivity (Wildman–Crippen MR) is 68.5 cm³/mol. The Balaban J connectivity index is 2.40. The molecule has 2 amide bonds. The molecule has 1 N–H and O–H groups in total. The van der Waals surface area contributed by atoms with Crippen LogP contribution in [0.5, 0.6) is 0 Å². The number of carbonyl (C=O) groups excluding carboxylic acids is 2. The summed E-state index contributed by atoms with van der Waals surface area (Å²) >= 11 is 3.38. The Morgan fingerprint density at radius 2 is 1.94 bits per heavy atom. The number of halogens is 1. The Labute approximate surface area is 109 Å².